The van der Waals surface area contributed by atoms with Crippen LogP contribution in [0.15, 0.2) is 42.5 Å². The highest BCUT2D eigenvalue weighted by Crippen LogP contribution is 2.21. The lowest BCUT2D eigenvalue weighted by Gasteiger charge is -2.19. The van der Waals surface area contributed by atoms with Gasteiger partial charge >= 0.3 is 0 Å². The molecule has 0 aromatic heterocycles. The number of hydrogen-bond acceptors (Lipinski definition) is 2. The second kappa shape index (κ2) is 7.47. The zero-order valence-corrected chi connectivity index (χ0v) is 14.4. The molecule has 116 valence electrons. The van der Waals surface area contributed by atoms with Gasteiger partial charge in [0.25, 0.3) is 0 Å². The Morgan fingerprint density at radius 1 is 1.23 bits per heavy atom. The van der Waals surface area contributed by atoms with E-state index in [4.69, 9.17) is 28.6 Å². The summed E-state index contributed by atoms with van der Waals surface area (Å²) in [5.41, 5.74) is 3.09. The fourth-order valence-corrected chi connectivity index (χ4v) is 2.54. The van der Waals surface area contributed by atoms with Gasteiger partial charge in [0.2, 0.25) is 0 Å². The van der Waals surface area contributed by atoms with E-state index in [2.05, 4.69) is 10.6 Å². The van der Waals surface area contributed by atoms with Crippen LogP contribution in [0.5, 0.6) is 5.75 Å². The van der Waals surface area contributed by atoms with Crippen molar-refractivity contribution in [3.8, 4) is 5.75 Å². The Bertz CT molecular complexity index is 675. The van der Waals surface area contributed by atoms with Crippen molar-refractivity contribution in [2.45, 2.75) is 19.9 Å². The predicted octanol–water partition coefficient (Wildman–Crippen LogP) is 4.70. The zero-order chi connectivity index (χ0) is 16.1. The van der Waals surface area contributed by atoms with Crippen LogP contribution in [0.1, 0.15) is 24.1 Å². The van der Waals surface area contributed by atoms with Gasteiger partial charge in [-0.3, -0.25) is 0 Å². The first-order chi connectivity index (χ1) is 10.5. The summed E-state index contributed by atoms with van der Waals surface area (Å²) in [6.45, 7) is 4.06. The second-order valence-electron chi connectivity index (χ2n) is 5.06. The lowest BCUT2D eigenvalue weighted by Crippen LogP contribution is -2.31. The normalized spacial score (nSPS) is 11.6. The molecule has 0 heterocycles. The molecule has 0 aliphatic rings. The predicted molar refractivity (Wildman–Crippen MR) is 97.0 cm³/mol. The van der Waals surface area contributed by atoms with Gasteiger partial charge in [0, 0.05) is 10.7 Å². The van der Waals surface area contributed by atoms with Crippen LogP contribution in [-0.4, -0.2) is 12.2 Å². The topological polar surface area (TPSA) is 33.3 Å². The van der Waals surface area contributed by atoms with Crippen LogP contribution in [0.25, 0.3) is 0 Å². The van der Waals surface area contributed by atoms with E-state index in [0.717, 1.165) is 22.6 Å². The highest BCUT2D eigenvalue weighted by molar-refractivity contribution is 7.80. The summed E-state index contributed by atoms with van der Waals surface area (Å²) in [6.07, 6.45) is 0. The summed E-state index contributed by atoms with van der Waals surface area (Å²) in [5.74, 6) is 0.829. The molecule has 0 aliphatic carbocycles. The smallest absolute Gasteiger partial charge is 0.171 e. The van der Waals surface area contributed by atoms with Crippen molar-refractivity contribution in [2.75, 3.05) is 12.4 Å². The first-order valence-corrected chi connectivity index (χ1v) is 7.76. The first-order valence-electron chi connectivity index (χ1n) is 6.97. The average Bonchev–Trinajstić information content (AvgIpc) is 2.51. The molecule has 0 aliphatic heterocycles. The fourth-order valence-electron chi connectivity index (χ4n) is 2.08. The lowest BCUT2D eigenvalue weighted by atomic mass is 10.1. The molecular weight excluding hydrogens is 316 g/mol. The van der Waals surface area contributed by atoms with E-state index in [1.165, 1.54) is 0 Å². The maximum Gasteiger partial charge on any atom is 0.171 e. The Morgan fingerprint density at radius 3 is 2.73 bits per heavy atom. The van der Waals surface area contributed by atoms with Crippen molar-refractivity contribution in [3.05, 3.63) is 58.6 Å². The number of halogens is 1. The summed E-state index contributed by atoms with van der Waals surface area (Å²) < 4.78 is 5.24. The van der Waals surface area contributed by atoms with Crippen LogP contribution in [0.2, 0.25) is 5.02 Å². The van der Waals surface area contributed by atoms with Crippen LogP contribution in [-0.2, 0) is 0 Å². The van der Waals surface area contributed by atoms with Gasteiger partial charge in [-0.05, 0) is 61.5 Å². The SMILES string of the molecule is COc1cccc(C(C)NC(=S)Nc2cc(Cl)ccc2C)c1. The van der Waals surface area contributed by atoms with Gasteiger partial charge in [-0.2, -0.15) is 0 Å². The maximum absolute atomic E-state index is 6.02. The van der Waals surface area contributed by atoms with Gasteiger partial charge in [-0.15, -0.1) is 0 Å². The number of hydrogen-bond donors (Lipinski definition) is 2. The Morgan fingerprint density at radius 2 is 2.00 bits per heavy atom. The number of thiocarbonyl (C=S) groups is 1. The number of anilines is 1. The third-order valence-electron chi connectivity index (χ3n) is 3.39. The van der Waals surface area contributed by atoms with E-state index in [0.29, 0.717) is 10.1 Å². The molecule has 5 heteroatoms. The summed E-state index contributed by atoms with van der Waals surface area (Å²) in [6, 6.07) is 13.6. The Labute approximate surface area is 141 Å². The summed E-state index contributed by atoms with van der Waals surface area (Å²) in [4.78, 5) is 0. The molecule has 2 N–H and O–H groups in total. The summed E-state index contributed by atoms with van der Waals surface area (Å²) >= 11 is 11.4. The van der Waals surface area contributed by atoms with Crippen molar-refractivity contribution in [2.24, 2.45) is 0 Å². The van der Waals surface area contributed by atoms with Crippen molar-refractivity contribution < 1.29 is 4.74 Å². The van der Waals surface area contributed by atoms with E-state index in [-0.39, 0.29) is 6.04 Å². The van der Waals surface area contributed by atoms with Gasteiger partial charge in [0.15, 0.2) is 5.11 Å². The first kappa shape index (κ1) is 16.6. The molecule has 1 atom stereocenters. The van der Waals surface area contributed by atoms with Gasteiger partial charge in [0.1, 0.15) is 5.75 Å². The number of methoxy groups -OCH3 is 1. The Kier molecular flexibility index (Phi) is 5.63. The van der Waals surface area contributed by atoms with Gasteiger partial charge in [-0.1, -0.05) is 29.8 Å². The molecular formula is C17H19ClN2OS. The van der Waals surface area contributed by atoms with Gasteiger partial charge < -0.3 is 15.4 Å². The molecule has 1 unspecified atom stereocenters. The number of rotatable bonds is 4. The van der Waals surface area contributed by atoms with E-state index >= 15 is 0 Å². The van der Waals surface area contributed by atoms with Crippen LogP contribution in [0.3, 0.4) is 0 Å². The van der Waals surface area contributed by atoms with Crippen molar-refractivity contribution in [1.29, 1.82) is 0 Å². The summed E-state index contributed by atoms with van der Waals surface area (Å²) in [5, 5.41) is 7.68. The maximum atomic E-state index is 6.02. The van der Waals surface area contributed by atoms with E-state index in [1.807, 2.05) is 56.3 Å². The molecule has 0 saturated carbocycles. The number of nitrogens with one attached hydrogen (secondary N) is 2. The molecule has 2 aromatic rings. The molecule has 2 rings (SSSR count). The number of benzene rings is 2. The summed E-state index contributed by atoms with van der Waals surface area (Å²) in [7, 11) is 1.66. The number of aryl methyl sites for hydroxylation is 1. The Balaban J connectivity index is 2.03. The van der Waals surface area contributed by atoms with Crippen molar-refractivity contribution >= 4 is 34.6 Å². The molecule has 0 fully saturated rings. The van der Waals surface area contributed by atoms with E-state index in [1.54, 1.807) is 7.11 Å². The number of ether oxygens (including phenoxy) is 1. The molecule has 0 amide bonds. The van der Waals surface area contributed by atoms with Gasteiger partial charge in [0.05, 0.1) is 13.2 Å². The largest absolute Gasteiger partial charge is 0.497 e. The fraction of sp³-hybridized carbons (Fsp3) is 0.235. The molecule has 0 saturated heterocycles. The van der Waals surface area contributed by atoms with E-state index in [9.17, 15) is 0 Å². The molecule has 0 bridgehead atoms. The van der Waals surface area contributed by atoms with Crippen LogP contribution >= 0.6 is 23.8 Å². The minimum absolute atomic E-state index is 0.0644. The Hall–Kier alpha value is -1.78. The highest BCUT2D eigenvalue weighted by atomic mass is 35.5. The average molecular weight is 335 g/mol. The highest BCUT2D eigenvalue weighted by Gasteiger charge is 2.09. The third-order valence-corrected chi connectivity index (χ3v) is 3.84. The van der Waals surface area contributed by atoms with E-state index < -0.39 is 0 Å². The quantitative estimate of drug-likeness (QED) is 0.794. The molecule has 2 aromatic carbocycles. The monoisotopic (exact) mass is 334 g/mol. The van der Waals surface area contributed by atoms with Crippen molar-refractivity contribution in [3.63, 3.8) is 0 Å². The minimum Gasteiger partial charge on any atom is -0.497 e. The second-order valence-corrected chi connectivity index (χ2v) is 5.90. The standard InChI is InChI=1S/C17H19ClN2OS/c1-11-7-8-14(18)10-16(11)20-17(22)19-12(2)13-5-4-6-15(9-13)21-3/h4-10,12H,1-3H3,(H2,19,20,22). The zero-order valence-electron chi connectivity index (χ0n) is 12.8. The van der Waals surface area contributed by atoms with Crippen molar-refractivity contribution in [1.82, 2.24) is 5.32 Å². The minimum atomic E-state index is 0.0644. The molecule has 0 spiro atoms. The lowest BCUT2D eigenvalue weighted by molar-refractivity contribution is 0.413. The van der Waals surface area contributed by atoms with Gasteiger partial charge in [-0.25, -0.2) is 0 Å². The molecule has 0 radical (unpaired) electrons. The van der Waals surface area contributed by atoms with Crippen LogP contribution in [0.4, 0.5) is 5.69 Å². The molecule has 3 nitrogen and oxygen atoms in total. The van der Waals surface area contributed by atoms with Crippen LogP contribution < -0.4 is 15.4 Å². The molecule has 22 heavy (non-hydrogen) atoms. The van der Waals surface area contributed by atoms with Crippen LogP contribution in [0, 0.1) is 6.92 Å². The third kappa shape index (κ3) is 4.36.